The molecule has 1 aliphatic carbocycles. The molecule has 17 heavy (non-hydrogen) atoms. The van der Waals surface area contributed by atoms with E-state index in [9.17, 15) is 0 Å². The molecule has 1 aliphatic rings. The summed E-state index contributed by atoms with van der Waals surface area (Å²) in [6.07, 6.45) is 10.9. The summed E-state index contributed by atoms with van der Waals surface area (Å²) in [4.78, 5) is 4.39. The molecule has 0 aromatic carbocycles. The molecule has 96 valence electrons. The van der Waals surface area contributed by atoms with Gasteiger partial charge in [0.25, 0.3) is 0 Å². The predicted molar refractivity (Wildman–Crippen MR) is 70.8 cm³/mol. The van der Waals surface area contributed by atoms with Gasteiger partial charge in [0.1, 0.15) is 5.82 Å². The van der Waals surface area contributed by atoms with Gasteiger partial charge in [0.05, 0.1) is 6.54 Å². The molecule has 2 rings (SSSR count). The third-order valence-electron chi connectivity index (χ3n) is 4.04. The van der Waals surface area contributed by atoms with Crippen molar-refractivity contribution in [3.8, 4) is 0 Å². The zero-order valence-electron chi connectivity index (χ0n) is 11.2. The smallest absolute Gasteiger partial charge is 0.122 e. The minimum atomic E-state index is 0.516. The first-order valence-corrected chi connectivity index (χ1v) is 6.94. The van der Waals surface area contributed by atoms with E-state index in [2.05, 4.69) is 34.9 Å². The highest BCUT2D eigenvalue weighted by molar-refractivity contribution is 4.92. The second kappa shape index (κ2) is 5.67. The highest BCUT2D eigenvalue weighted by atomic mass is 15.1. The third kappa shape index (κ3) is 3.32. The minimum Gasteiger partial charge on any atom is -0.334 e. The van der Waals surface area contributed by atoms with Gasteiger partial charge in [-0.1, -0.05) is 26.2 Å². The van der Waals surface area contributed by atoms with Crippen LogP contribution in [0.25, 0.3) is 0 Å². The van der Waals surface area contributed by atoms with E-state index in [1.807, 2.05) is 6.20 Å². The van der Waals surface area contributed by atoms with Crippen molar-refractivity contribution in [1.82, 2.24) is 14.9 Å². The third-order valence-corrected chi connectivity index (χ3v) is 4.04. The van der Waals surface area contributed by atoms with E-state index >= 15 is 0 Å². The molecule has 3 heteroatoms. The summed E-state index contributed by atoms with van der Waals surface area (Å²) in [6, 6.07) is 0. The monoisotopic (exact) mass is 235 g/mol. The maximum Gasteiger partial charge on any atom is 0.122 e. The zero-order valence-corrected chi connectivity index (χ0v) is 11.2. The van der Waals surface area contributed by atoms with E-state index in [0.717, 1.165) is 25.5 Å². The fourth-order valence-corrected chi connectivity index (χ4v) is 2.85. The van der Waals surface area contributed by atoms with Gasteiger partial charge in [0.15, 0.2) is 0 Å². The Morgan fingerprint density at radius 2 is 2.12 bits per heavy atom. The first kappa shape index (κ1) is 12.6. The molecule has 3 nitrogen and oxygen atoms in total. The van der Waals surface area contributed by atoms with Gasteiger partial charge >= 0.3 is 0 Å². The molecule has 1 aromatic rings. The van der Waals surface area contributed by atoms with Crippen LogP contribution >= 0.6 is 0 Å². The Hall–Kier alpha value is -0.830. The first-order valence-electron chi connectivity index (χ1n) is 6.94. The van der Waals surface area contributed by atoms with Crippen molar-refractivity contribution in [3.63, 3.8) is 0 Å². The Kier molecular flexibility index (Phi) is 4.21. The highest BCUT2D eigenvalue weighted by Crippen LogP contribution is 2.34. The van der Waals surface area contributed by atoms with Crippen LogP contribution < -0.4 is 5.32 Å². The Morgan fingerprint density at radius 1 is 1.35 bits per heavy atom. The maximum absolute atomic E-state index is 4.39. The van der Waals surface area contributed by atoms with Crippen LogP contribution in [0.3, 0.4) is 0 Å². The van der Waals surface area contributed by atoms with Gasteiger partial charge in [-0.15, -0.1) is 0 Å². The standard InChI is InChI=1S/C14H25N3/c1-3-17-10-9-16-13(17)11-15-12-14(2)7-5-4-6-8-14/h9-10,15H,3-8,11-12H2,1-2H3. The summed E-state index contributed by atoms with van der Waals surface area (Å²) in [7, 11) is 0. The molecule has 0 saturated heterocycles. The second-order valence-corrected chi connectivity index (χ2v) is 5.60. The molecule has 0 radical (unpaired) electrons. The van der Waals surface area contributed by atoms with Crippen molar-refractivity contribution in [3.05, 3.63) is 18.2 Å². The number of hydrogen-bond acceptors (Lipinski definition) is 2. The fourth-order valence-electron chi connectivity index (χ4n) is 2.85. The SMILES string of the molecule is CCn1ccnc1CNCC1(C)CCCCC1. The predicted octanol–water partition coefficient (Wildman–Crippen LogP) is 2.96. The van der Waals surface area contributed by atoms with Crippen LogP contribution in [0.1, 0.15) is 51.8 Å². The molecular weight excluding hydrogens is 210 g/mol. The van der Waals surface area contributed by atoms with Gasteiger partial charge in [-0.3, -0.25) is 0 Å². The minimum absolute atomic E-state index is 0.516. The number of nitrogens with zero attached hydrogens (tertiary/aromatic N) is 2. The summed E-state index contributed by atoms with van der Waals surface area (Å²) in [5, 5.41) is 3.59. The number of imidazole rings is 1. The topological polar surface area (TPSA) is 29.9 Å². The van der Waals surface area contributed by atoms with Gasteiger partial charge in [-0.05, 0) is 25.2 Å². The average Bonchev–Trinajstić information content (AvgIpc) is 2.77. The van der Waals surface area contributed by atoms with Crippen LogP contribution in [-0.4, -0.2) is 16.1 Å². The average molecular weight is 235 g/mol. The number of rotatable bonds is 5. The molecule has 1 aromatic heterocycles. The molecule has 0 unspecified atom stereocenters. The van der Waals surface area contributed by atoms with Crippen molar-refractivity contribution in [2.45, 2.75) is 59.0 Å². The molecule has 0 amide bonds. The summed E-state index contributed by atoms with van der Waals surface area (Å²) < 4.78 is 2.20. The summed E-state index contributed by atoms with van der Waals surface area (Å²) in [5.74, 6) is 1.16. The number of hydrogen-bond donors (Lipinski definition) is 1. The normalized spacial score (nSPS) is 19.4. The van der Waals surface area contributed by atoms with E-state index in [-0.39, 0.29) is 0 Å². The maximum atomic E-state index is 4.39. The Morgan fingerprint density at radius 3 is 2.82 bits per heavy atom. The van der Waals surface area contributed by atoms with Gasteiger partial charge in [-0.2, -0.15) is 0 Å². The molecule has 1 heterocycles. The van der Waals surface area contributed by atoms with E-state index in [1.165, 1.54) is 32.1 Å². The fraction of sp³-hybridized carbons (Fsp3) is 0.786. The Labute approximate surface area is 105 Å². The molecular formula is C14H25N3. The van der Waals surface area contributed by atoms with Crippen molar-refractivity contribution < 1.29 is 0 Å². The van der Waals surface area contributed by atoms with Crippen LogP contribution in [0.2, 0.25) is 0 Å². The number of nitrogens with one attached hydrogen (secondary N) is 1. The van der Waals surface area contributed by atoms with Gasteiger partial charge in [0.2, 0.25) is 0 Å². The lowest BCUT2D eigenvalue weighted by molar-refractivity contribution is 0.207. The van der Waals surface area contributed by atoms with Crippen molar-refractivity contribution in [2.75, 3.05) is 6.54 Å². The molecule has 0 spiro atoms. The van der Waals surface area contributed by atoms with Crippen molar-refractivity contribution >= 4 is 0 Å². The lowest BCUT2D eigenvalue weighted by Gasteiger charge is -2.33. The van der Waals surface area contributed by atoms with E-state index in [1.54, 1.807) is 0 Å². The lowest BCUT2D eigenvalue weighted by atomic mass is 9.76. The van der Waals surface area contributed by atoms with Crippen molar-refractivity contribution in [1.29, 1.82) is 0 Å². The van der Waals surface area contributed by atoms with E-state index in [4.69, 9.17) is 0 Å². The van der Waals surface area contributed by atoms with Gasteiger partial charge in [0, 0.05) is 25.5 Å². The van der Waals surface area contributed by atoms with Crippen LogP contribution in [0, 0.1) is 5.41 Å². The molecule has 0 bridgehead atoms. The van der Waals surface area contributed by atoms with Crippen LogP contribution in [0.5, 0.6) is 0 Å². The Balaban J connectivity index is 1.79. The molecule has 1 saturated carbocycles. The molecule has 0 aliphatic heterocycles. The van der Waals surface area contributed by atoms with Crippen LogP contribution in [0.15, 0.2) is 12.4 Å². The van der Waals surface area contributed by atoms with Crippen LogP contribution in [-0.2, 0) is 13.1 Å². The second-order valence-electron chi connectivity index (χ2n) is 5.60. The van der Waals surface area contributed by atoms with Crippen molar-refractivity contribution in [2.24, 2.45) is 5.41 Å². The summed E-state index contributed by atoms with van der Waals surface area (Å²) in [6.45, 7) is 7.62. The van der Waals surface area contributed by atoms with E-state index < -0.39 is 0 Å². The molecule has 1 fully saturated rings. The molecule has 0 atom stereocenters. The van der Waals surface area contributed by atoms with Crippen LogP contribution in [0.4, 0.5) is 0 Å². The zero-order chi connectivity index (χ0) is 12.1. The summed E-state index contributed by atoms with van der Waals surface area (Å²) in [5.41, 5.74) is 0.516. The quantitative estimate of drug-likeness (QED) is 0.850. The lowest BCUT2D eigenvalue weighted by Crippen LogP contribution is -2.33. The number of aromatic nitrogens is 2. The van der Waals surface area contributed by atoms with E-state index in [0.29, 0.717) is 5.41 Å². The summed E-state index contributed by atoms with van der Waals surface area (Å²) >= 11 is 0. The highest BCUT2D eigenvalue weighted by Gasteiger charge is 2.26. The largest absolute Gasteiger partial charge is 0.334 e. The van der Waals surface area contributed by atoms with Gasteiger partial charge < -0.3 is 9.88 Å². The Bertz CT molecular complexity index is 337. The first-order chi connectivity index (χ1) is 8.23. The number of aryl methyl sites for hydroxylation is 1. The van der Waals surface area contributed by atoms with Gasteiger partial charge in [-0.25, -0.2) is 4.98 Å². The molecule has 1 N–H and O–H groups in total.